The van der Waals surface area contributed by atoms with Crippen LogP contribution in [-0.4, -0.2) is 24.9 Å². The number of nitrogens with one attached hydrogen (secondary N) is 1. The molecule has 0 aliphatic carbocycles. The molecule has 0 fully saturated rings. The van der Waals surface area contributed by atoms with Crippen LogP contribution in [0.1, 0.15) is 32.4 Å². The van der Waals surface area contributed by atoms with Crippen LogP contribution < -0.4 is 10.1 Å². The lowest BCUT2D eigenvalue weighted by atomic mass is 10.1. The Hall–Kier alpha value is -1.13. The first-order chi connectivity index (χ1) is 8.45. The van der Waals surface area contributed by atoms with E-state index in [1.54, 1.807) is 6.07 Å². The number of benzene rings is 1. The third-order valence-corrected chi connectivity index (χ3v) is 3.08. The van der Waals surface area contributed by atoms with Gasteiger partial charge in [0.1, 0.15) is 0 Å². The van der Waals surface area contributed by atoms with Crippen molar-refractivity contribution in [3.8, 4) is 5.75 Å². The zero-order valence-corrected chi connectivity index (χ0v) is 11.4. The monoisotopic (exact) mass is 255 g/mol. The lowest BCUT2D eigenvalue weighted by Crippen LogP contribution is -2.32. The van der Waals surface area contributed by atoms with Crippen LogP contribution in [0.5, 0.6) is 5.75 Å². The average molecular weight is 255 g/mol. The van der Waals surface area contributed by atoms with Crippen LogP contribution in [0.3, 0.4) is 0 Å². The van der Waals surface area contributed by atoms with Crippen molar-refractivity contribution < 1.29 is 14.2 Å². The molecule has 0 saturated carbocycles. The van der Waals surface area contributed by atoms with Crippen molar-refractivity contribution in [2.45, 2.75) is 32.9 Å². The second-order valence-corrected chi connectivity index (χ2v) is 4.84. The molecular formula is C14H22FNO2. The van der Waals surface area contributed by atoms with E-state index in [1.807, 2.05) is 26.8 Å². The number of hydrogen-bond acceptors (Lipinski definition) is 3. The largest absolute Gasteiger partial charge is 0.494 e. The van der Waals surface area contributed by atoms with Gasteiger partial charge in [-0.1, -0.05) is 19.9 Å². The molecule has 0 saturated heterocycles. The van der Waals surface area contributed by atoms with Gasteiger partial charge in [-0.3, -0.25) is 0 Å². The smallest absolute Gasteiger partial charge is 0.165 e. The van der Waals surface area contributed by atoms with Gasteiger partial charge in [-0.25, -0.2) is 4.39 Å². The van der Waals surface area contributed by atoms with Crippen molar-refractivity contribution in [1.82, 2.24) is 5.32 Å². The van der Waals surface area contributed by atoms with E-state index in [4.69, 9.17) is 4.74 Å². The lowest BCUT2D eigenvalue weighted by Gasteiger charge is -2.20. The number of aliphatic hydroxyl groups excluding tert-OH is 1. The molecule has 1 aromatic rings. The summed E-state index contributed by atoms with van der Waals surface area (Å²) in [6.45, 7) is 6.36. The third kappa shape index (κ3) is 3.96. The molecule has 2 unspecified atom stereocenters. The molecule has 4 heteroatoms. The minimum atomic E-state index is -0.393. The van der Waals surface area contributed by atoms with Crippen LogP contribution in [0, 0.1) is 11.7 Å². The molecule has 0 aromatic heterocycles. The fraction of sp³-hybridized carbons (Fsp3) is 0.571. The molecule has 0 aliphatic heterocycles. The number of aliphatic hydroxyl groups is 1. The topological polar surface area (TPSA) is 41.5 Å². The zero-order chi connectivity index (χ0) is 13.7. The van der Waals surface area contributed by atoms with Gasteiger partial charge < -0.3 is 15.2 Å². The fourth-order valence-electron chi connectivity index (χ4n) is 1.60. The van der Waals surface area contributed by atoms with Gasteiger partial charge in [-0.15, -0.1) is 0 Å². The maximum absolute atomic E-state index is 13.5. The standard InChI is InChI=1S/C14H22FNO2/c1-9(2)13(17)8-16-10(3)11-5-6-14(18-4)12(15)7-11/h5-7,9-10,13,16-17H,8H2,1-4H3. The van der Waals surface area contributed by atoms with Gasteiger partial charge in [0.05, 0.1) is 13.2 Å². The van der Waals surface area contributed by atoms with E-state index in [2.05, 4.69) is 5.32 Å². The second-order valence-electron chi connectivity index (χ2n) is 4.84. The lowest BCUT2D eigenvalue weighted by molar-refractivity contribution is 0.120. The minimum absolute atomic E-state index is 0.0150. The average Bonchev–Trinajstić information content (AvgIpc) is 2.35. The van der Waals surface area contributed by atoms with Gasteiger partial charge in [-0.2, -0.15) is 0 Å². The SMILES string of the molecule is COc1ccc(C(C)NCC(O)C(C)C)cc1F. The summed E-state index contributed by atoms with van der Waals surface area (Å²) in [6, 6.07) is 4.88. The van der Waals surface area contributed by atoms with Gasteiger partial charge in [0, 0.05) is 12.6 Å². The van der Waals surface area contributed by atoms with E-state index in [0.29, 0.717) is 6.54 Å². The maximum Gasteiger partial charge on any atom is 0.165 e. The van der Waals surface area contributed by atoms with E-state index in [-0.39, 0.29) is 23.5 Å². The third-order valence-electron chi connectivity index (χ3n) is 3.08. The molecule has 2 N–H and O–H groups in total. The van der Waals surface area contributed by atoms with Crippen molar-refractivity contribution in [2.24, 2.45) is 5.92 Å². The van der Waals surface area contributed by atoms with E-state index >= 15 is 0 Å². The first kappa shape index (κ1) is 14.9. The minimum Gasteiger partial charge on any atom is -0.494 e. The first-order valence-corrected chi connectivity index (χ1v) is 6.20. The molecule has 0 bridgehead atoms. The molecular weight excluding hydrogens is 233 g/mol. The number of rotatable bonds is 6. The number of methoxy groups -OCH3 is 1. The molecule has 1 rings (SSSR count). The summed E-state index contributed by atoms with van der Waals surface area (Å²) in [7, 11) is 1.44. The molecule has 102 valence electrons. The highest BCUT2D eigenvalue weighted by Crippen LogP contribution is 2.21. The summed E-state index contributed by atoms with van der Waals surface area (Å²) in [5.41, 5.74) is 0.837. The van der Waals surface area contributed by atoms with Crippen LogP contribution >= 0.6 is 0 Å². The van der Waals surface area contributed by atoms with E-state index < -0.39 is 6.10 Å². The van der Waals surface area contributed by atoms with Crippen molar-refractivity contribution >= 4 is 0 Å². The number of hydrogen-bond donors (Lipinski definition) is 2. The van der Waals surface area contributed by atoms with Crippen LogP contribution in [0.4, 0.5) is 4.39 Å². The Morgan fingerprint density at radius 3 is 2.50 bits per heavy atom. The Labute approximate surface area is 108 Å². The Bertz CT molecular complexity index is 382. The van der Waals surface area contributed by atoms with Gasteiger partial charge in [-0.05, 0) is 30.5 Å². The van der Waals surface area contributed by atoms with Crippen LogP contribution in [0.25, 0.3) is 0 Å². The predicted molar refractivity (Wildman–Crippen MR) is 70.2 cm³/mol. The molecule has 0 spiro atoms. The summed E-state index contributed by atoms with van der Waals surface area (Å²) in [5, 5.41) is 12.9. The molecule has 0 heterocycles. The second kappa shape index (κ2) is 6.71. The fourth-order valence-corrected chi connectivity index (χ4v) is 1.60. The van der Waals surface area contributed by atoms with E-state index in [1.165, 1.54) is 13.2 Å². The molecule has 1 aromatic carbocycles. The Kier molecular flexibility index (Phi) is 5.56. The normalized spacial score (nSPS) is 14.6. The zero-order valence-electron chi connectivity index (χ0n) is 11.4. The molecule has 0 aliphatic rings. The van der Waals surface area contributed by atoms with E-state index in [0.717, 1.165) is 5.56 Å². The van der Waals surface area contributed by atoms with Gasteiger partial charge in [0.2, 0.25) is 0 Å². The Balaban J connectivity index is 2.61. The van der Waals surface area contributed by atoms with Crippen LogP contribution in [0.2, 0.25) is 0 Å². The number of ether oxygens (including phenoxy) is 1. The van der Waals surface area contributed by atoms with Crippen molar-refractivity contribution in [1.29, 1.82) is 0 Å². The number of halogens is 1. The highest BCUT2D eigenvalue weighted by Gasteiger charge is 2.13. The molecule has 18 heavy (non-hydrogen) atoms. The van der Waals surface area contributed by atoms with Gasteiger partial charge in [0.15, 0.2) is 11.6 Å². The highest BCUT2D eigenvalue weighted by molar-refractivity contribution is 5.30. The maximum atomic E-state index is 13.5. The highest BCUT2D eigenvalue weighted by atomic mass is 19.1. The van der Waals surface area contributed by atoms with Crippen LogP contribution in [0.15, 0.2) is 18.2 Å². The Morgan fingerprint density at radius 2 is 2.00 bits per heavy atom. The van der Waals surface area contributed by atoms with E-state index in [9.17, 15) is 9.50 Å². The molecule has 3 nitrogen and oxygen atoms in total. The Morgan fingerprint density at radius 1 is 1.33 bits per heavy atom. The van der Waals surface area contributed by atoms with Crippen molar-refractivity contribution in [3.63, 3.8) is 0 Å². The van der Waals surface area contributed by atoms with Gasteiger partial charge in [0.25, 0.3) is 0 Å². The predicted octanol–water partition coefficient (Wildman–Crippen LogP) is 2.50. The summed E-state index contributed by atoms with van der Waals surface area (Å²) in [4.78, 5) is 0. The first-order valence-electron chi connectivity index (χ1n) is 6.20. The summed E-state index contributed by atoms with van der Waals surface area (Å²) >= 11 is 0. The quantitative estimate of drug-likeness (QED) is 0.820. The summed E-state index contributed by atoms with van der Waals surface area (Å²) in [5.74, 6) is 0.0820. The van der Waals surface area contributed by atoms with Crippen molar-refractivity contribution in [3.05, 3.63) is 29.6 Å². The van der Waals surface area contributed by atoms with Gasteiger partial charge >= 0.3 is 0 Å². The molecule has 0 amide bonds. The molecule has 0 radical (unpaired) electrons. The van der Waals surface area contributed by atoms with Crippen LogP contribution in [-0.2, 0) is 0 Å². The summed E-state index contributed by atoms with van der Waals surface area (Å²) < 4.78 is 18.4. The molecule has 2 atom stereocenters. The summed E-state index contributed by atoms with van der Waals surface area (Å²) in [6.07, 6.45) is -0.393. The van der Waals surface area contributed by atoms with Crippen molar-refractivity contribution in [2.75, 3.05) is 13.7 Å².